The van der Waals surface area contributed by atoms with Crippen molar-refractivity contribution in [2.75, 3.05) is 12.3 Å². The number of carbonyl (C=O) groups is 1. The molecule has 0 aliphatic heterocycles. The molecule has 1 atom stereocenters. The maximum Gasteiger partial charge on any atom is 0.261 e. The number of rotatable bonds is 10. The van der Waals surface area contributed by atoms with E-state index in [0.29, 0.717) is 30.0 Å². The fourth-order valence-corrected chi connectivity index (χ4v) is 3.29. The minimum Gasteiger partial charge on any atom is -0.481 e. The number of hydrogen-bond donors (Lipinski definition) is 1. The molecule has 0 aliphatic carbocycles. The van der Waals surface area contributed by atoms with Gasteiger partial charge in [0.25, 0.3) is 5.91 Å². The number of hydrogen-bond acceptors (Lipinski definition) is 3. The monoisotopic (exact) mass is 375 g/mol. The van der Waals surface area contributed by atoms with Crippen LogP contribution in [0, 0.1) is 5.82 Å². The third kappa shape index (κ3) is 6.37. The molecule has 1 amide bonds. The van der Waals surface area contributed by atoms with Gasteiger partial charge in [-0.05, 0) is 42.2 Å². The Kier molecular flexibility index (Phi) is 8.48. The second-order valence-electron chi connectivity index (χ2n) is 5.95. The number of halogens is 1. The van der Waals surface area contributed by atoms with Gasteiger partial charge in [0.05, 0.1) is 0 Å². The Balaban J connectivity index is 1.71. The Morgan fingerprint density at radius 3 is 2.54 bits per heavy atom. The smallest absolute Gasteiger partial charge is 0.261 e. The van der Waals surface area contributed by atoms with Crippen molar-refractivity contribution in [3.63, 3.8) is 0 Å². The maximum absolute atomic E-state index is 13.5. The van der Waals surface area contributed by atoms with E-state index in [1.165, 1.54) is 11.6 Å². The zero-order chi connectivity index (χ0) is 18.8. The Labute approximate surface area is 159 Å². The van der Waals surface area contributed by atoms with Crippen LogP contribution < -0.4 is 10.1 Å². The van der Waals surface area contributed by atoms with Crippen molar-refractivity contribution in [2.24, 2.45) is 0 Å². The highest BCUT2D eigenvalue weighted by Crippen LogP contribution is 2.16. The molecular formula is C21H26FNO2S. The Bertz CT molecular complexity index is 691. The molecule has 2 aromatic carbocycles. The highest BCUT2D eigenvalue weighted by atomic mass is 32.2. The number of amides is 1. The van der Waals surface area contributed by atoms with Crippen LogP contribution in [0.3, 0.4) is 0 Å². The van der Waals surface area contributed by atoms with Gasteiger partial charge in [0.15, 0.2) is 6.10 Å². The summed E-state index contributed by atoms with van der Waals surface area (Å²) in [6.45, 7) is 4.56. The fraction of sp³-hybridized carbons (Fsp3) is 0.381. The van der Waals surface area contributed by atoms with Crippen LogP contribution in [-0.2, 0) is 17.0 Å². The van der Waals surface area contributed by atoms with E-state index in [9.17, 15) is 9.18 Å². The predicted molar refractivity (Wildman–Crippen MR) is 106 cm³/mol. The normalized spacial score (nSPS) is 11.8. The summed E-state index contributed by atoms with van der Waals surface area (Å²) in [5.41, 5.74) is 1.93. The first-order valence-electron chi connectivity index (χ1n) is 8.98. The lowest BCUT2D eigenvalue weighted by molar-refractivity contribution is -0.127. The molecule has 1 N–H and O–H groups in total. The summed E-state index contributed by atoms with van der Waals surface area (Å²) in [5.74, 6) is 1.73. The summed E-state index contributed by atoms with van der Waals surface area (Å²) in [5, 5.41) is 2.90. The Morgan fingerprint density at radius 1 is 1.15 bits per heavy atom. The van der Waals surface area contributed by atoms with Crippen molar-refractivity contribution in [3.8, 4) is 5.75 Å². The Hall–Kier alpha value is -2.01. The van der Waals surface area contributed by atoms with E-state index in [0.717, 1.165) is 12.2 Å². The lowest BCUT2D eigenvalue weighted by Crippen LogP contribution is -2.39. The molecular weight excluding hydrogens is 349 g/mol. The van der Waals surface area contributed by atoms with E-state index in [4.69, 9.17) is 4.74 Å². The lowest BCUT2D eigenvalue weighted by Gasteiger charge is -2.17. The van der Waals surface area contributed by atoms with Crippen LogP contribution in [0.5, 0.6) is 5.75 Å². The molecule has 0 fully saturated rings. The highest BCUT2D eigenvalue weighted by Gasteiger charge is 2.17. The molecule has 0 aromatic heterocycles. The number of benzene rings is 2. The van der Waals surface area contributed by atoms with E-state index in [-0.39, 0.29) is 11.7 Å². The van der Waals surface area contributed by atoms with Crippen molar-refractivity contribution in [1.82, 2.24) is 5.32 Å². The second-order valence-corrected chi connectivity index (χ2v) is 7.05. The molecule has 0 aliphatic rings. The summed E-state index contributed by atoms with van der Waals surface area (Å²) in [4.78, 5) is 12.3. The molecule has 0 radical (unpaired) electrons. The molecule has 0 saturated heterocycles. The van der Waals surface area contributed by atoms with E-state index < -0.39 is 6.10 Å². The van der Waals surface area contributed by atoms with Gasteiger partial charge in [0.1, 0.15) is 11.6 Å². The maximum atomic E-state index is 13.5. The highest BCUT2D eigenvalue weighted by molar-refractivity contribution is 7.98. The van der Waals surface area contributed by atoms with Gasteiger partial charge in [0, 0.05) is 18.1 Å². The van der Waals surface area contributed by atoms with Crippen LogP contribution in [0.15, 0.2) is 48.5 Å². The first-order valence-corrected chi connectivity index (χ1v) is 10.1. The van der Waals surface area contributed by atoms with E-state index in [1.807, 2.05) is 37.3 Å². The first kappa shape index (κ1) is 20.3. The van der Waals surface area contributed by atoms with Gasteiger partial charge in [-0.2, -0.15) is 11.8 Å². The van der Waals surface area contributed by atoms with Crippen molar-refractivity contribution >= 4 is 17.7 Å². The summed E-state index contributed by atoms with van der Waals surface area (Å²) in [7, 11) is 0. The van der Waals surface area contributed by atoms with Crippen LogP contribution in [0.4, 0.5) is 4.39 Å². The van der Waals surface area contributed by atoms with Crippen molar-refractivity contribution < 1.29 is 13.9 Å². The molecule has 3 nitrogen and oxygen atoms in total. The standard InChI is InChI=1S/C21H26FNO2S/c1-3-16-9-11-18(12-10-16)25-20(4-2)21(24)23-13-14-26-15-17-7-5-6-8-19(17)22/h5-12,20H,3-4,13-15H2,1-2H3,(H,23,24). The number of ether oxygens (including phenoxy) is 1. The van der Waals surface area contributed by atoms with Crippen molar-refractivity contribution in [2.45, 2.75) is 38.5 Å². The van der Waals surface area contributed by atoms with Gasteiger partial charge in [-0.25, -0.2) is 4.39 Å². The summed E-state index contributed by atoms with van der Waals surface area (Å²) >= 11 is 1.59. The van der Waals surface area contributed by atoms with Crippen LogP contribution in [0.1, 0.15) is 31.4 Å². The van der Waals surface area contributed by atoms with Crippen molar-refractivity contribution in [1.29, 1.82) is 0 Å². The van der Waals surface area contributed by atoms with Crippen LogP contribution in [-0.4, -0.2) is 24.3 Å². The summed E-state index contributed by atoms with van der Waals surface area (Å²) in [6, 6.07) is 14.6. The minimum absolute atomic E-state index is 0.112. The number of carbonyl (C=O) groups excluding carboxylic acids is 1. The Morgan fingerprint density at radius 2 is 1.88 bits per heavy atom. The number of thioether (sulfide) groups is 1. The van der Waals surface area contributed by atoms with E-state index in [1.54, 1.807) is 23.9 Å². The fourth-order valence-electron chi connectivity index (χ4n) is 2.45. The molecule has 5 heteroatoms. The molecule has 0 saturated carbocycles. The van der Waals surface area contributed by atoms with Gasteiger partial charge in [-0.3, -0.25) is 4.79 Å². The molecule has 140 valence electrons. The molecule has 26 heavy (non-hydrogen) atoms. The van der Waals surface area contributed by atoms with Gasteiger partial charge >= 0.3 is 0 Å². The van der Waals surface area contributed by atoms with Gasteiger partial charge in [-0.1, -0.05) is 44.2 Å². The van der Waals surface area contributed by atoms with Crippen molar-refractivity contribution in [3.05, 3.63) is 65.5 Å². The third-order valence-corrected chi connectivity index (χ3v) is 5.04. The van der Waals surface area contributed by atoms with Crippen LogP contribution in [0.25, 0.3) is 0 Å². The average molecular weight is 376 g/mol. The zero-order valence-corrected chi connectivity index (χ0v) is 16.2. The molecule has 2 rings (SSSR count). The first-order chi connectivity index (χ1) is 12.6. The van der Waals surface area contributed by atoms with Gasteiger partial charge in [-0.15, -0.1) is 0 Å². The molecule has 1 unspecified atom stereocenters. The average Bonchev–Trinajstić information content (AvgIpc) is 2.67. The molecule has 2 aromatic rings. The second kappa shape index (κ2) is 10.9. The summed E-state index contributed by atoms with van der Waals surface area (Å²) in [6.07, 6.45) is 1.07. The third-order valence-electron chi connectivity index (χ3n) is 4.03. The number of nitrogens with one attached hydrogen (secondary N) is 1. The lowest BCUT2D eigenvalue weighted by atomic mass is 10.2. The molecule has 0 heterocycles. The van der Waals surface area contributed by atoms with Gasteiger partial charge < -0.3 is 10.1 Å². The predicted octanol–water partition coefficient (Wildman–Crippen LogP) is 4.60. The zero-order valence-electron chi connectivity index (χ0n) is 15.3. The van der Waals surface area contributed by atoms with E-state index in [2.05, 4.69) is 12.2 Å². The minimum atomic E-state index is -0.501. The SMILES string of the molecule is CCc1ccc(OC(CC)C(=O)NCCSCc2ccccc2F)cc1. The van der Waals surface area contributed by atoms with Crippen LogP contribution in [0.2, 0.25) is 0 Å². The molecule has 0 spiro atoms. The summed E-state index contributed by atoms with van der Waals surface area (Å²) < 4.78 is 19.3. The largest absolute Gasteiger partial charge is 0.481 e. The number of aryl methyl sites for hydroxylation is 1. The van der Waals surface area contributed by atoms with E-state index >= 15 is 0 Å². The van der Waals surface area contributed by atoms with Crippen LogP contribution >= 0.6 is 11.8 Å². The van der Waals surface area contributed by atoms with Gasteiger partial charge in [0.2, 0.25) is 0 Å². The quantitative estimate of drug-likeness (QED) is 0.617. The topological polar surface area (TPSA) is 38.3 Å². The molecule has 0 bridgehead atoms.